The summed E-state index contributed by atoms with van der Waals surface area (Å²) in [7, 11) is 0. The molecule has 144 valence electrons. The van der Waals surface area contributed by atoms with Gasteiger partial charge in [0.25, 0.3) is 5.91 Å². The minimum absolute atomic E-state index is 0.169. The standard InChI is InChI=1S/C20H21Cl2NO4/c1-13(27-19-9-4-14(21)11-18(19)22)20(24)23-15-5-7-16(8-6-15)26-12-17-3-2-10-25-17/h4-9,11,13,17H,2-3,10,12H2,1H3,(H,23,24)/t13-,17+/m1/s1. The van der Waals surface area contributed by atoms with E-state index in [1.54, 1.807) is 37.3 Å². The molecule has 1 aliphatic heterocycles. The first-order valence-corrected chi connectivity index (χ1v) is 9.54. The zero-order chi connectivity index (χ0) is 19.2. The van der Waals surface area contributed by atoms with Crippen LogP contribution in [0.5, 0.6) is 11.5 Å². The highest BCUT2D eigenvalue weighted by Gasteiger charge is 2.17. The van der Waals surface area contributed by atoms with Gasteiger partial charge in [-0.15, -0.1) is 0 Å². The van der Waals surface area contributed by atoms with E-state index in [4.69, 9.17) is 37.4 Å². The van der Waals surface area contributed by atoms with E-state index in [0.29, 0.717) is 28.1 Å². The average Bonchev–Trinajstić information content (AvgIpc) is 3.17. The largest absolute Gasteiger partial charge is 0.491 e. The highest BCUT2D eigenvalue weighted by atomic mass is 35.5. The lowest BCUT2D eigenvalue weighted by molar-refractivity contribution is -0.122. The Bertz CT molecular complexity index is 776. The van der Waals surface area contributed by atoms with Crippen LogP contribution in [0.15, 0.2) is 42.5 Å². The molecule has 2 atom stereocenters. The number of ether oxygens (including phenoxy) is 3. The van der Waals surface area contributed by atoms with Crippen molar-refractivity contribution < 1.29 is 19.0 Å². The molecule has 0 unspecified atom stereocenters. The number of halogens is 2. The van der Waals surface area contributed by atoms with E-state index < -0.39 is 6.10 Å². The molecule has 5 nitrogen and oxygen atoms in total. The lowest BCUT2D eigenvalue weighted by atomic mass is 10.2. The summed E-state index contributed by atoms with van der Waals surface area (Å²) < 4.78 is 16.9. The normalized spacial score (nSPS) is 17.4. The Morgan fingerprint density at radius 2 is 2.04 bits per heavy atom. The van der Waals surface area contributed by atoms with Crippen LogP contribution in [-0.2, 0) is 9.53 Å². The maximum Gasteiger partial charge on any atom is 0.265 e. The van der Waals surface area contributed by atoms with Gasteiger partial charge in [-0.25, -0.2) is 0 Å². The molecule has 1 heterocycles. The average molecular weight is 410 g/mol. The highest BCUT2D eigenvalue weighted by Crippen LogP contribution is 2.28. The fourth-order valence-electron chi connectivity index (χ4n) is 2.66. The fraction of sp³-hybridized carbons (Fsp3) is 0.350. The number of anilines is 1. The molecule has 2 aromatic carbocycles. The molecule has 0 saturated carbocycles. The van der Waals surface area contributed by atoms with Crippen LogP contribution in [-0.4, -0.2) is 31.3 Å². The maximum atomic E-state index is 12.3. The van der Waals surface area contributed by atoms with Crippen LogP contribution < -0.4 is 14.8 Å². The number of rotatable bonds is 7. The number of amides is 1. The van der Waals surface area contributed by atoms with Crippen LogP contribution in [0, 0.1) is 0 Å². The van der Waals surface area contributed by atoms with Gasteiger partial charge < -0.3 is 19.5 Å². The van der Waals surface area contributed by atoms with Crippen molar-refractivity contribution >= 4 is 34.8 Å². The van der Waals surface area contributed by atoms with Crippen molar-refractivity contribution in [2.45, 2.75) is 32.0 Å². The summed E-state index contributed by atoms with van der Waals surface area (Å²) in [4.78, 5) is 12.3. The zero-order valence-electron chi connectivity index (χ0n) is 14.9. The lowest BCUT2D eigenvalue weighted by Crippen LogP contribution is -2.30. The Morgan fingerprint density at radius 1 is 1.26 bits per heavy atom. The van der Waals surface area contributed by atoms with Crippen molar-refractivity contribution in [3.8, 4) is 11.5 Å². The van der Waals surface area contributed by atoms with Crippen molar-refractivity contribution in [1.29, 1.82) is 0 Å². The third kappa shape index (κ3) is 5.76. The summed E-state index contributed by atoms with van der Waals surface area (Å²) in [6.45, 7) is 3.00. The first-order valence-electron chi connectivity index (χ1n) is 8.78. The van der Waals surface area contributed by atoms with Crippen molar-refractivity contribution in [3.63, 3.8) is 0 Å². The second kappa shape index (κ2) is 9.31. The van der Waals surface area contributed by atoms with E-state index in [2.05, 4.69) is 5.32 Å². The van der Waals surface area contributed by atoms with E-state index in [1.807, 2.05) is 12.1 Å². The molecule has 0 aliphatic carbocycles. The van der Waals surface area contributed by atoms with Crippen molar-refractivity contribution in [2.24, 2.45) is 0 Å². The van der Waals surface area contributed by atoms with Crippen molar-refractivity contribution in [1.82, 2.24) is 0 Å². The SMILES string of the molecule is C[C@@H](Oc1ccc(Cl)cc1Cl)C(=O)Nc1ccc(OC[C@@H]2CCCO2)cc1. The summed E-state index contributed by atoms with van der Waals surface area (Å²) >= 11 is 11.9. The van der Waals surface area contributed by atoms with Gasteiger partial charge in [-0.2, -0.15) is 0 Å². The van der Waals surface area contributed by atoms with Crippen LogP contribution >= 0.6 is 23.2 Å². The van der Waals surface area contributed by atoms with Gasteiger partial charge in [0.1, 0.15) is 18.1 Å². The van der Waals surface area contributed by atoms with Crippen molar-refractivity contribution in [2.75, 3.05) is 18.5 Å². The van der Waals surface area contributed by atoms with Gasteiger partial charge in [-0.3, -0.25) is 4.79 Å². The minimum atomic E-state index is -0.723. The summed E-state index contributed by atoms with van der Waals surface area (Å²) in [6.07, 6.45) is 1.56. The Hall–Kier alpha value is -1.95. The maximum absolute atomic E-state index is 12.3. The van der Waals surface area contributed by atoms with E-state index in [9.17, 15) is 4.79 Å². The number of carbonyl (C=O) groups excluding carboxylic acids is 1. The van der Waals surface area contributed by atoms with Crippen LogP contribution in [0.1, 0.15) is 19.8 Å². The summed E-state index contributed by atoms with van der Waals surface area (Å²) in [5.74, 6) is 0.858. The molecule has 1 aliphatic rings. The zero-order valence-corrected chi connectivity index (χ0v) is 16.4. The van der Waals surface area contributed by atoms with Crippen LogP contribution in [0.4, 0.5) is 5.69 Å². The predicted molar refractivity (Wildman–Crippen MR) is 106 cm³/mol. The van der Waals surface area contributed by atoms with Crippen LogP contribution in [0.3, 0.4) is 0 Å². The molecule has 0 radical (unpaired) electrons. The molecular formula is C20H21Cl2NO4. The van der Waals surface area contributed by atoms with Crippen LogP contribution in [0.2, 0.25) is 10.0 Å². The number of hydrogen-bond donors (Lipinski definition) is 1. The third-order valence-corrected chi connectivity index (χ3v) is 4.68. The van der Waals surface area contributed by atoms with Gasteiger partial charge >= 0.3 is 0 Å². The molecule has 0 aromatic heterocycles. The molecule has 0 spiro atoms. The van der Waals surface area contributed by atoms with Crippen LogP contribution in [0.25, 0.3) is 0 Å². The highest BCUT2D eigenvalue weighted by molar-refractivity contribution is 6.35. The second-order valence-electron chi connectivity index (χ2n) is 6.29. The molecule has 1 fully saturated rings. The molecule has 1 amide bonds. The van der Waals surface area contributed by atoms with Gasteiger partial charge in [0, 0.05) is 17.3 Å². The molecule has 27 heavy (non-hydrogen) atoms. The number of hydrogen-bond acceptors (Lipinski definition) is 4. The molecule has 1 N–H and O–H groups in total. The summed E-state index contributed by atoms with van der Waals surface area (Å²) in [6, 6.07) is 12.0. The van der Waals surface area contributed by atoms with Gasteiger partial charge in [-0.05, 0) is 62.2 Å². The Labute approximate surface area is 168 Å². The first kappa shape index (κ1) is 19.8. The first-order chi connectivity index (χ1) is 13.0. The number of nitrogens with one attached hydrogen (secondary N) is 1. The number of benzene rings is 2. The van der Waals surface area contributed by atoms with Crippen molar-refractivity contribution in [3.05, 3.63) is 52.5 Å². The van der Waals surface area contributed by atoms with Gasteiger partial charge in [0.2, 0.25) is 0 Å². The molecule has 3 rings (SSSR count). The number of carbonyl (C=O) groups is 1. The quantitative estimate of drug-likeness (QED) is 0.701. The molecule has 2 aromatic rings. The molecule has 7 heteroatoms. The van der Waals surface area contributed by atoms with Gasteiger partial charge in [0.05, 0.1) is 11.1 Å². The Kier molecular flexibility index (Phi) is 6.83. The topological polar surface area (TPSA) is 56.8 Å². The summed E-state index contributed by atoms with van der Waals surface area (Å²) in [5.41, 5.74) is 0.655. The Balaban J connectivity index is 1.50. The monoisotopic (exact) mass is 409 g/mol. The molecular weight excluding hydrogens is 389 g/mol. The molecule has 1 saturated heterocycles. The second-order valence-corrected chi connectivity index (χ2v) is 7.14. The van der Waals surface area contributed by atoms with E-state index >= 15 is 0 Å². The van der Waals surface area contributed by atoms with E-state index in [0.717, 1.165) is 25.2 Å². The lowest BCUT2D eigenvalue weighted by Gasteiger charge is -2.16. The minimum Gasteiger partial charge on any atom is -0.491 e. The van der Waals surface area contributed by atoms with E-state index in [-0.39, 0.29) is 12.0 Å². The third-order valence-electron chi connectivity index (χ3n) is 4.15. The fourth-order valence-corrected chi connectivity index (χ4v) is 3.11. The van der Waals surface area contributed by atoms with E-state index in [1.165, 1.54) is 0 Å². The Morgan fingerprint density at radius 3 is 2.70 bits per heavy atom. The van der Waals surface area contributed by atoms with Gasteiger partial charge in [0.15, 0.2) is 6.10 Å². The summed E-state index contributed by atoms with van der Waals surface area (Å²) in [5, 5.41) is 3.67. The smallest absolute Gasteiger partial charge is 0.265 e. The van der Waals surface area contributed by atoms with Gasteiger partial charge in [-0.1, -0.05) is 23.2 Å². The predicted octanol–water partition coefficient (Wildman–Crippen LogP) is 4.96. The molecule has 0 bridgehead atoms.